The van der Waals surface area contributed by atoms with Gasteiger partial charge >= 0.3 is 0 Å². The van der Waals surface area contributed by atoms with Crippen molar-refractivity contribution in [3.8, 4) is 0 Å². The van der Waals surface area contributed by atoms with Crippen LogP contribution in [-0.4, -0.2) is 19.0 Å². The van der Waals surface area contributed by atoms with E-state index in [0.717, 1.165) is 6.54 Å². The summed E-state index contributed by atoms with van der Waals surface area (Å²) in [5, 5.41) is 0.0714. The lowest BCUT2D eigenvalue weighted by Crippen LogP contribution is -2.10. The van der Waals surface area contributed by atoms with Gasteiger partial charge in [0.1, 0.15) is 0 Å². The molecule has 0 spiro atoms. The van der Waals surface area contributed by atoms with Gasteiger partial charge in [0.15, 0.2) is 0 Å². The first-order valence-electron chi connectivity index (χ1n) is 4.34. The van der Waals surface area contributed by atoms with Crippen molar-refractivity contribution < 1.29 is 0 Å². The largest absolute Gasteiger partial charge is 0.305 e. The lowest BCUT2D eigenvalue weighted by Gasteiger charge is -2.11. The van der Waals surface area contributed by atoms with Gasteiger partial charge in [-0.15, -0.1) is 0 Å². The number of rotatable bonds is 3. The molecule has 71 valence electrons. The maximum Gasteiger partial charge on any atom is 0.0267 e. The summed E-state index contributed by atoms with van der Waals surface area (Å²) in [6.45, 7) is 4.85. The van der Waals surface area contributed by atoms with Gasteiger partial charge in [-0.25, -0.2) is 0 Å². The lowest BCUT2D eigenvalue weighted by molar-refractivity contribution is 0.402. The molecule has 13 heavy (non-hydrogen) atoms. The SMILES string of the molecule is [CH2]C(S)c1cccc(CN(C)C)c1. The molecule has 1 atom stereocenters. The van der Waals surface area contributed by atoms with Crippen molar-refractivity contribution in [3.05, 3.63) is 42.3 Å². The molecule has 0 fully saturated rings. The minimum atomic E-state index is 0.0714. The molecule has 0 amide bonds. The molecule has 2 heteroatoms. The molecule has 0 aliphatic rings. The molecule has 1 rings (SSSR count). The van der Waals surface area contributed by atoms with E-state index in [1.54, 1.807) is 0 Å². The van der Waals surface area contributed by atoms with Crippen molar-refractivity contribution >= 4 is 12.6 Å². The summed E-state index contributed by atoms with van der Waals surface area (Å²) in [6, 6.07) is 8.40. The predicted octanol–water partition coefficient (Wildman–Crippen LogP) is 2.55. The molecule has 0 aliphatic heterocycles. The molecule has 0 saturated heterocycles. The molecular formula is C11H16NS. The van der Waals surface area contributed by atoms with Crippen LogP contribution in [0.3, 0.4) is 0 Å². The Bertz CT molecular complexity index is 269. The second-order valence-electron chi connectivity index (χ2n) is 3.50. The van der Waals surface area contributed by atoms with Gasteiger partial charge in [-0.2, -0.15) is 12.6 Å². The zero-order chi connectivity index (χ0) is 9.84. The maximum atomic E-state index is 4.30. The Hall–Kier alpha value is -0.470. The van der Waals surface area contributed by atoms with Gasteiger partial charge in [0.25, 0.3) is 0 Å². The zero-order valence-corrected chi connectivity index (χ0v) is 9.09. The van der Waals surface area contributed by atoms with Crippen LogP contribution in [0.25, 0.3) is 0 Å². The minimum absolute atomic E-state index is 0.0714. The van der Waals surface area contributed by atoms with Crippen LogP contribution >= 0.6 is 12.6 Å². The Morgan fingerprint density at radius 3 is 2.69 bits per heavy atom. The van der Waals surface area contributed by atoms with Gasteiger partial charge in [-0.05, 0) is 32.1 Å². The second kappa shape index (κ2) is 4.68. The fourth-order valence-corrected chi connectivity index (χ4v) is 1.42. The van der Waals surface area contributed by atoms with Crippen LogP contribution in [0.4, 0.5) is 0 Å². The third-order valence-corrected chi connectivity index (χ3v) is 2.13. The van der Waals surface area contributed by atoms with E-state index >= 15 is 0 Å². The van der Waals surface area contributed by atoms with Crippen molar-refractivity contribution in [2.75, 3.05) is 14.1 Å². The molecule has 0 saturated carbocycles. The van der Waals surface area contributed by atoms with E-state index in [0.29, 0.717) is 0 Å². The van der Waals surface area contributed by atoms with E-state index in [2.05, 4.69) is 62.8 Å². The third-order valence-electron chi connectivity index (χ3n) is 1.83. The lowest BCUT2D eigenvalue weighted by atomic mass is 10.1. The van der Waals surface area contributed by atoms with Crippen LogP contribution in [0, 0.1) is 6.92 Å². The molecule has 1 radical (unpaired) electrons. The van der Waals surface area contributed by atoms with E-state index in [1.807, 2.05) is 0 Å². The maximum absolute atomic E-state index is 4.30. The highest BCUT2D eigenvalue weighted by Gasteiger charge is 2.01. The van der Waals surface area contributed by atoms with Crippen molar-refractivity contribution in [2.24, 2.45) is 0 Å². The summed E-state index contributed by atoms with van der Waals surface area (Å²) >= 11 is 4.30. The van der Waals surface area contributed by atoms with Crippen LogP contribution in [0.5, 0.6) is 0 Å². The molecule has 0 N–H and O–H groups in total. The fourth-order valence-electron chi connectivity index (χ4n) is 1.26. The van der Waals surface area contributed by atoms with E-state index in [4.69, 9.17) is 0 Å². The van der Waals surface area contributed by atoms with Gasteiger partial charge in [-0.3, -0.25) is 0 Å². The fraction of sp³-hybridized carbons (Fsp3) is 0.364. The Balaban J connectivity index is 2.79. The van der Waals surface area contributed by atoms with Crippen molar-refractivity contribution in [1.82, 2.24) is 4.90 Å². The van der Waals surface area contributed by atoms with Crippen LogP contribution in [0.15, 0.2) is 24.3 Å². The highest BCUT2D eigenvalue weighted by Crippen LogP contribution is 2.19. The summed E-state index contributed by atoms with van der Waals surface area (Å²) in [7, 11) is 4.13. The summed E-state index contributed by atoms with van der Waals surface area (Å²) in [6.07, 6.45) is 0. The van der Waals surface area contributed by atoms with Crippen LogP contribution < -0.4 is 0 Å². The summed E-state index contributed by atoms with van der Waals surface area (Å²) < 4.78 is 0. The molecule has 0 bridgehead atoms. The van der Waals surface area contributed by atoms with Crippen molar-refractivity contribution in [1.29, 1.82) is 0 Å². The highest BCUT2D eigenvalue weighted by molar-refractivity contribution is 7.80. The Morgan fingerprint density at radius 2 is 2.15 bits per heavy atom. The van der Waals surface area contributed by atoms with Gasteiger partial charge in [0.2, 0.25) is 0 Å². The minimum Gasteiger partial charge on any atom is -0.305 e. The average Bonchev–Trinajstić information content (AvgIpc) is 2.03. The smallest absolute Gasteiger partial charge is 0.0267 e. The molecule has 1 aromatic carbocycles. The van der Waals surface area contributed by atoms with Crippen molar-refractivity contribution in [2.45, 2.75) is 11.8 Å². The van der Waals surface area contributed by atoms with E-state index in [9.17, 15) is 0 Å². The number of benzene rings is 1. The highest BCUT2D eigenvalue weighted by atomic mass is 32.1. The summed E-state index contributed by atoms with van der Waals surface area (Å²) in [5.74, 6) is 0. The van der Waals surface area contributed by atoms with Crippen LogP contribution in [0.1, 0.15) is 16.4 Å². The second-order valence-corrected chi connectivity index (χ2v) is 4.12. The Kier molecular flexibility index (Phi) is 3.82. The standard InChI is InChI=1S/C11H16NS/c1-9(13)11-6-4-5-10(7-11)8-12(2)3/h4-7,9,13H,1,8H2,2-3H3. The van der Waals surface area contributed by atoms with E-state index in [-0.39, 0.29) is 5.25 Å². The normalized spacial score (nSPS) is 13.3. The van der Waals surface area contributed by atoms with Gasteiger partial charge < -0.3 is 4.90 Å². The molecule has 1 nitrogen and oxygen atoms in total. The van der Waals surface area contributed by atoms with E-state index < -0.39 is 0 Å². The van der Waals surface area contributed by atoms with Gasteiger partial charge in [0, 0.05) is 11.8 Å². The van der Waals surface area contributed by atoms with Crippen LogP contribution in [0.2, 0.25) is 0 Å². The molecule has 1 aromatic rings. The van der Waals surface area contributed by atoms with E-state index in [1.165, 1.54) is 11.1 Å². The average molecular weight is 194 g/mol. The quantitative estimate of drug-likeness (QED) is 0.724. The van der Waals surface area contributed by atoms with Crippen molar-refractivity contribution in [3.63, 3.8) is 0 Å². The molecule has 0 aromatic heterocycles. The first-order valence-corrected chi connectivity index (χ1v) is 4.86. The molecule has 1 unspecified atom stereocenters. The zero-order valence-electron chi connectivity index (χ0n) is 8.20. The third kappa shape index (κ3) is 3.41. The topological polar surface area (TPSA) is 3.24 Å². The van der Waals surface area contributed by atoms with Gasteiger partial charge in [-0.1, -0.05) is 24.3 Å². The molecule has 0 aliphatic carbocycles. The number of hydrogen-bond acceptors (Lipinski definition) is 2. The monoisotopic (exact) mass is 194 g/mol. The molecular weight excluding hydrogens is 178 g/mol. The Morgan fingerprint density at radius 1 is 1.46 bits per heavy atom. The predicted molar refractivity (Wildman–Crippen MR) is 60.9 cm³/mol. The van der Waals surface area contributed by atoms with Gasteiger partial charge in [0.05, 0.1) is 0 Å². The number of thiol groups is 1. The number of nitrogens with zero attached hydrogens (tertiary/aromatic N) is 1. The first-order chi connectivity index (χ1) is 6.09. The number of hydrogen-bond donors (Lipinski definition) is 1. The molecule has 0 heterocycles. The summed E-state index contributed by atoms with van der Waals surface area (Å²) in [5.41, 5.74) is 2.49. The Labute approximate surface area is 86.2 Å². The summed E-state index contributed by atoms with van der Waals surface area (Å²) in [4.78, 5) is 2.15. The van der Waals surface area contributed by atoms with Crippen LogP contribution in [-0.2, 0) is 6.54 Å². The first kappa shape index (κ1) is 10.6.